The van der Waals surface area contributed by atoms with Gasteiger partial charge in [-0.2, -0.15) is 0 Å². The van der Waals surface area contributed by atoms with Gasteiger partial charge in [0.05, 0.1) is 17.8 Å². The average Bonchev–Trinajstić information content (AvgIpc) is 1.67. The lowest BCUT2D eigenvalue weighted by molar-refractivity contribution is 0.124. The molecule has 0 aliphatic carbocycles. The molecule has 0 heterocycles. The number of nitrogens with zero attached hydrogens (tertiary/aromatic N) is 1. The molecular formula is C2H4F2NO2S-. The molecule has 0 aliphatic heterocycles. The van der Waals surface area contributed by atoms with Crippen LogP contribution in [0.15, 0.2) is 0 Å². The molecule has 0 aromatic heterocycles. The van der Waals surface area contributed by atoms with E-state index in [1.54, 1.807) is 0 Å². The van der Waals surface area contributed by atoms with Crippen LogP contribution in [-0.4, -0.2) is 26.5 Å². The maximum absolute atomic E-state index is 11.5. The van der Waals surface area contributed by atoms with Gasteiger partial charge < -0.3 is 4.55 Å². The lowest BCUT2D eigenvalue weighted by atomic mass is 10.8. The molecule has 0 aromatic rings. The van der Waals surface area contributed by atoms with Gasteiger partial charge in [0, 0.05) is 0 Å². The third-order valence-electron chi connectivity index (χ3n) is 0.422. The van der Waals surface area contributed by atoms with E-state index in [2.05, 4.69) is 0 Å². The normalized spacial score (nSPS) is 14.5. The van der Waals surface area contributed by atoms with Crippen LogP contribution in [0.2, 0.25) is 0 Å². The zero-order valence-electron chi connectivity index (χ0n) is 3.84. The van der Waals surface area contributed by atoms with Crippen LogP contribution in [-0.2, 0) is 11.3 Å². The summed E-state index contributed by atoms with van der Waals surface area (Å²) in [6.07, 6.45) is 0. The molecule has 0 radical (unpaired) electrons. The van der Waals surface area contributed by atoms with Crippen LogP contribution in [0.25, 0.3) is 0 Å². The maximum Gasteiger partial charge on any atom is 0.106 e. The van der Waals surface area contributed by atoms with Crippen molar-refractivity contribution in [2.75, 3.05) is 13.2 Å². The minimum atomic E-state index is -2.93. The molecule has 6 heteroatoms. The topological polar surface area (TPSA) is 43.4 Å². The minimum absolute atomic E-state index is 0.611. The highest BCUT2D eigenvalue weighted by molar-refractivity contribution is 7.76. The number of halogens is 2. The quantitative estimate of drug-likeness (QED) is 0.411. The van der Waals surface area contributed by atoms with E-state index in [-0.39, 0.29) is 0 Å². The first kappa shape index (κ1) is 7.93. The monoisotopic (exact) mass is 144 g/mol. The molecule has 0 rings (SSSR count). The van der Waals surface area contributed by atoms with Crippen LogP contribution < -0.4 is 0 Å². The molecule has 0 bridgehead atoms. The third-order valence-corrected chi connectivity index (χ3v) is 0.928. The second-order valence-electron chi connectivity index (χ2n) is 0.947. The van der Waals surface area contributed by atoms with Gasteiger partial charge in [-0.25, -0.2) is 4.39 Å². The van der Waals surface area contributed by atoms with E-state index in [9.17, 15) is 17.6 Å². The highest BCUT2D eigenvalue weighted by Gasteiger charge is 1.98. The van der Waals surface area contributed by atoms with Crippen LogP contribution in [0.5, 0.6) is 0 Å². The summed E-state index contributed by atoms with van der Waals surface area (Å²) in [6.45, 7) is -1.74. The van der Waals surface area contributed by atoms with Gasteiger partial charge in [0.2, 0.25) is 0 Å². The van der Waals surface area contributed by atoms with Crippen molar-refractivity contribution in [1.29, 1.82) is 0 Å². The number of rotatable bonds is 3. The highest BCUT2D eigenvalue weighted by Crippen LogP contribution is 1.90. The summed E-state index contributed by atoms with van der Waals surface area (Å²) < 4.78 is 40.9. The van der Waals surface area contributed by atoms with Gasteiger partial charge in [-0.3, -0.25) is 4.21 Å². The fourth-order valence-corrected chi connectivity index (χ4v) is 0.359. The van der Waals surface area contributed by atoms with Crippen molar-refractivity contribution in [2.24, 2.45) is 0 Å². The molecule has 1 atom stereocenters. The van der Waals surface area contributed by atoms with E-state index < -0.39 is 29.0 Å². The third kappa shape index (κ3) is 3.00. The van der Waals surface area contributed by atoms with Crippen molar-refractivity contribution in [1.82, 2.24) is 4.53 Å². The first-order chi connectivity index (χ1) is 3.68. The molecule has 1 unspecified atom stereocenters. The fourth-order valence-electron chi connectivity index (χ4n) is 0.141. The van der Waals surface area contributed by atoms with E-state index in [1.807, 2.05) is 0 Å². The van der Waals surface area contributed by atoms with Crippen molar-refractivity contribution in [3.05, 3.63) is 0 Å². The molecule has 0 N–H and O–H groups in total. The number of hydrogen-bond acceptors (Lipinski definition) is 2. The van der Waals surface area contributed by atoms with E-state index >= 15 is 0 Å². The minimum Gasteiger partial charge on any atom is -0.758 e. The smallest absolute Gasteiger partial charge is 0.106 e. The molecule has 3 nitrogen and oxygen atoms in total. The second kappa shape index (κ2) is 3.88. The summed E-state index contributed by atoms with van der Waals surface area (Å²) in [5.74, 6) is 0. The average molecular weight is 144 g/mol. The largest absolute Gasteiger partial charge is 0.758 e. The predicted octanol–water partition coefficient (Wildman–Crippen LogP) is -0.0635. The van der Waals surface area contributed by atoms with E-state index in [0.29, 0.717) is 0 Å². The number of hydrogen-bond donors (Lipinski definition) is 0. The second-order valence-corrected chi connectivity index (χ2v) is 1.78. The summed E-state index contributed by atoms with van der Waals surface area (Å²) in [7, 11) is 0. The van der Waals surface area contributed by atoms with E-state index in [1.165, 1.54) is 0 Å². The SMILES string of the molecule is O=S([O-])N(F)CCF. The van der Waals surface area contributed by atoms with Crippen molar-refractivity contribution in [3.8, 4) is 0 Å². The Morgan fingerprint density at radius 3 is 2.38 bits per heavy atom. The van der Waals surface area contributed by atoms with Gasteiger partial charge in [0.1, 0.15) is 6.67 Å². The van der Waals surface area contributed by atoms with Crippen molar-refractivity contribution in [2.45, 2.75) is 0 Å². The molecule has 50 valence electrons. The first-order valence-corrected chi connectivity index (χ1v) is 2.80. The molecule has 0 fully saturated rings. The number of alkyl halides is 1. The van der Waals surface area contributed by atoms with Gasteiger partial charge in [-0.15, -0.1) is 4.48 Å². The first-order valence-electron chi connectivity index (χ1n) is 1.77. The molecule has 0 saturated heterocycles. The Hall–Kier alpha value is -0.0700. The van der Waals surface area contributed by atoms with Crippen LogP contribution >= 0.6 is 0 Å². The standard InChI is InChI=1S/C2H5F2NO2S/c3-1-2-5(4)8(6)7/h1-2H2,(H,6,7)/p-1. The Balaban J connectivity index is 3.32. The molecule has 0 aromatic carbocycles. The van der Waals surface area contributed by atoms with Gasteiger partial charge in [0.25, 0.3) is 0 Å². The molecule has 0 spiro atoms. The van der Waals surface area contributed by atoms with E-state index in [0.717, 1.165) is 0 Å². The summed E-state index contributed by atoms with van der Waals surface area (Å²) >= 11 is -2.93. The van der Waals surface area contributed by atoms with Crippen molar-refractivity contribution in [3.63, 3.8) is 0 Å². The molecule has 0 amide bonds. The van der Waals surface area contributed by atoms with Gasteiger partial charge in [-0.1, -0.05) is 4.53 Å². The molecule has 0 saturated carbocycles. The van der Waals surface area contributed by atoms with E-state index in [4.69, 9.17) is 0 Å². The molecule has 0 aliphatic rings. The van der Waals surface area contributed by atoms with Crippen LogP contribution in [0.1, 0.15) is 0 Å². The fraction of sp³-hybridized carbons (Fsp3) is 1.00. The highest BCUT2D eigenvalue weighted by atomic mass is 32.2. The van der Waals surface area contributed by atoms with Crippen LogP contribution in [0.4, 0.5) is 8.87 Å². The Kier molecular flexibility index (Phi) is 3.84. The van der Waals surface area contributed by atoms with Gasteiger partial charge in [0.15, 0.2) is 0 Å². The molecular weight excluding hydrogens is 140 g/mol. The summed E-state index contributed by atoms with van der Waals surface area (Å²) in [4.78, 5) is 0. The summed E-state index contributed by atoms with van der Waals surface area (Å²) in [5.41, 5.74) is 0. The summed E-state index contributed by atoms with van der Waals surface area (Å²) in [5, 5.41) is 0. The Labute approximate surface area is 47.6 Å². The Bertz CT molecular complexity index is 90.1. The Morgan fingerprint density at radius 1 is 1.75 bits per heavy atom. The lowest BCUT2D eigenvalue weighted by Gasteiger charge is -2.10. The van der Waals surface area contributed by atoms with Crippen molar-refractivity contribution >= 4 is 11.3 Å². The maximum atomic E-state index is 11.5. The zero-order chi connectivity index (χ0) is 6.57. The molecule has 8 heavy (non-hydrogen) atoms. The predicted molar refractivity (Wildman–Crippen MR) is 22.7 cm³/mol. The van der Waals surface area contributed by atoms with Crippen LogP contribution in [0, 0.1) is 0 Å². The zero-order valence-corrected chi connectivity index (χ0v) is 4.66. The van der Waals surface area contributed by atoms with Crippen LogP contribution in [0.3, 0.4) is 0 Å². The lowest BCUT2D eigenvalue weighted by Crippen LogP contribution is -2.18. The summed E-state index contributed by atoms with van der Waals surface area (Å²) in [6, 6.07) is 0. The Morgan fingerprint density at radius 2 is 2.25 bits per heavy atom. The van der Waals surface area contributed by atoms with Gasteiger partial charge >= 0.3 is 0 Å². The van der Waals surface area contributed by atoms with Gasteiger partial charge in [-0.05, 0) is 0 Å². The van der Waals surface area contributed by atoms with Crippen molar-refractivity contribution < 1.29 is 17.6 Å².